The first-order valence-corrected chi connectivity index (χ1v) is 7.62. The van der Waals surface area contributed by atoms with Crippen LogP contribution < -0.4 is 5.32 Å². The number of carbonyl (C=O) groups is 2. The number of amides is 1. The Balaban J connectivity index is 1.69. The molecule has 1 aromatic heterocycles. The molecule has 3 N–H and O–H groups in total. The Bertz CT molecular complexity index is 716. The SMILES string of the molecule is Cc1cccc2c(CC(=O)NC(CC3CC3)C(=O)O)c[nH]c12. The second kappa shape index (κ2) is 5.83. The number of aromatic nitrogens is 1. The maximum Gasteiger partial charge on any atom is 0.326 e. The van der Waals surface area contributed by atoms with Gasteiger partial charge in [-0.3, -0.25) is 4.79 Å². The molecule has 0 saturated heterocycles. The number of H-pyrrole nitrogens is 1. The van der Waals surface area contributed by atoms with E-state index in [4.69, 9.17) is 0 Å². The van der Waals surface area contributed by atoms with Crippen molar-refractivity contribution in [2.24, 2.45) is 5.92 Å². The molecule has 5 nitrogen and oxygen atoms in total. The molecule has 0 bridgehead atoms. The molecule has 116 valence electrons. The highest BCUT2D eigenvalue weighted by Gasteiger charge is 2.30. The van der Waals surface area contributed by atoms with Crippen molar-refractivity contribution in [2.75, 3.05) is 0 Å². The van der Waals surface area contributed by atoms with Gasteiger partial charge in [0.05, 0.1) is 6.42 Å². The number of carbonyl (C=O) groups excluding carboxylic acids is 1. The number of hydrogen-bond acceptors (Lipinski definition) is 2. The Labute approximate surface area is 128 Å². The fraction of sp³-hybridized carbons (Fsp3) is 0.412. The monoisotopic (exact) mass is 300 g/mol. The van der Waals surface area contributed by atoms with Gasteiger partial charge in [-0.25, -0.2) is 4.79 Å². The van der Waals surface area contributed by atoms with E-state index in [1.165, 1.54) is 0 Å². The first kappa shape index (κ1) is 14.6. The summed E-state index contributed by atoms with van der Waals surface area (Å²) in [6.45, 7) is 2.01. The van der Waals surface area contributed by atoms with Crippen molar-refractivity contribution in [1.29, 1.82) is 0 Å². The van der Waals surface area contributed by atoms with Crippen LogP contribution >= 0.6 is 0 Å². The van der Waals surface area contributed by atoms with Crippen molar-refractivity contribution >= 4 is 22.8 Å². The zero-order chi connectivity index (χ0) is 15.7. The molecular formula is C17H20N2O3. The van der Waals surface area contributed by atoms with Crippen LogP contribution in [-0.4, -0.2) is 28.0 Å². The molecule has 3 rings (SSSR count). The van der Waals surface area contributed by atoms with Crippen LogP contribution in [-0.2, 0) is 16.0 Å². The average molecular weight is 300 g/mol. The predicted octanol–water partition coefficient (Wildman–Crippen LogP) is 2.39. The third kappa shape index (κ3) is 3.13. The number of fused-ring (bicyclic) bond motifs is 1. The van der Waals surface area contributed by atoms with E-state index in [0.29, 0.717) is 12.3 Å². The quantitative estimate of drug-likeness (QED) is 0.766. The Kier molecular flexibility index (Phi) is 3.88. The van der Waals surface area contributed by atoms with Crippen molar-refractivity contribution in [3.8, 4) is 0 Å². The number of hydrogen-bond donors (Lipinski definition) is 3. The summed E-state index contributed by atoms with van der Waals surface area (Å²) in [5.74, 6) is -0.734. The second-order valence-corrected chi connectivity index (χ2v) is 6.13. The van der Waals surface area contributed by atoms with E-state index in [2.05, 4.69) is 10.3 Å². The van der Waals surface area contributed by atoms with Crippen LogP contribution in [0.5, 0.6) is 0 Å². The largest absolute Gasteiger partial charge is 0.480 e. The smallest absolute Gasteiger partial charge is 0.326 e. The van der Waals surface area contributed by atoms with E-state index in [0.717, 1.165) is 34.9 Å². The minimum Gasteiger partial charge on any atom is -0.480 e. The molecule has 0 aliphatic heterocycles. The summed E-state index contributed by atoms with van der Waals surface area (Å²) in [5, 5.41) is 12.9. The molecule has 1 unspecified atom stereocenters. The third-order valence-electron chi connectivity index (χ3n) is 4.26. The number of aromatic amines is 1. The van der Waals surface area contributed by atoms with Crippen molar-refractivity contribution in [3.05, 3.63) is 35.5 Å². The van der Waals surface area contributed by atoms with Gasteiger partial charge in [-0.1, -0.05) is 31.0 Å². The van der Waals surface area contributed by atoms with Gasteiger partial charge in [0.15, 0.2) is 0 Å². The Morgan fingerprint density at radius 1 is 1.41 bits per heavy atom. The molecule has 1 saturated carbocycles. The molecular weight excluding hydrogens is 280 g/mol. The van der Waals surface area contributed by atoms with Gasteiger partial charge in [-0.2, -0.15) is 0 Å². The Morgan fingerprint density at radius 3 is 2.86 bits per heavy atom. The highest BCUT2D eigenvalue weighted by molar-refractivity contribution is 5.91. The number of aliphatic carboxylic acids is 1. The number of rotatable bonds is 6. The lowest BCUT2D eigenvalue weighted by Gasteiger charge is -2.13. The lowest BCUT2D eigenvalue weighted by Crippen LogP contribution is -2.41. The van der Waals surface area contributed by atoms with Crippen molar-refractivity contribution in [1.82, 2.24) is 10.3 Å². The molecule has 0 spiro atoms. The fourth-order valence-electron chi connectivity index (χ4n) is 2.84. The molecule has 1 aliphatic rings. The first-order valence-electron chi connectivity index (χ1n) is 7.62. The molecule has 1 aliphatic carbocycles. The lowest BCUT2D eigenvalue weighted by atomic mass is 10.1. The molecule has 1 heterocycles. The minimum absolute atomic E-state index is 0.192. The summed E-state index contributed by atoms with van der Waals surface area (Å²) >= 11 is 0. The Morgan fingerprint density at radius 2 is 2.18 bits per heavy atom. The van der Waals surface area contributed by atoms with Gasteiger partial charge in [-0.05, 0) is 30.4 Å². The fourth-order valence-corrected chi connectivity index (χ4v) is 2.84. The summed E-state index contributed by atoms with van der Waals surface area (Å²) in [6.07, 6.45) is 4.70. The van der Waals surface area contributed by atoms with Gasteiger partial charge >= 0.3 is 5.97 Å². The summed E-state index contributed by atoms with van der Waals surface area (Å²) in [4.78, 5) is 26.6. The summed E-state index contributed by atoms with van der Waals surface area (Å²) < 4.78 is 0. The normalized spacial score (nSPS) is 15.7. The molecule has 1 aromatic carbocycles. The zero-order valence-corrected chi connectivity index (χ0v) is 12.6. The molecule has 0 radical (unpaired) electrons. The number of aryl methyl sites for hydroxylation is 1. The molecule has 1 atom stereocenters. The highest BCUT2D eigenvalue weighted by Crippen LogP contribution is 2.33. The maximum absolute atomic E-state index is 12.2. The van der Waals surface area contributed by atoms with Crippen molar-refractivity contribution < 1.29 is 14.7 Å². The topological polar surface area (TPSA) is 82.2 Å². The molecule has 5 heteroatoms. The first-order chi connectivity index (χ1) is 10.5. The molecule has 22 heavy (non-hydrogen) atoms. The number of carboxylic acid groups (broad SMARTS) is 1. The number of carboxylic acids is 1. The standard InChI is InChI=1S/C17H20N2O3/c1-10-3-2-4-13-12(9-18-16(10)13)8-15(20)19-14(17(21)22)7-11-5-6-11/h2-4,9,11,14,18H,5-8H2,1H3,(H,19,20)(H,21,22). The molecule has 2 aromatic rings. The second-order valence-electron chi connectivity index (χ2n) is 6.13. The number of benzene rings is 1. The zero-order valence-electron chi connectivity index (χ0n) is 12.6. The number of para-hydroxylation sites is 1. The maximum atomic E-state index is 12.2. The third-order valence-corrected chi connectivity index (χ3v) is 4.26. The predicted molar refractivity (Wildman–Crippen MR) is 83.6 cm³/mol. The van der Waals surface area contributed by atoms with Crippen LogP contribution in [0.3, 0.4) is 0 Å². The average Bonchev–Trinajstić information content (AvgIpc) is 3.19. The van der Waals surface area contributed by atoms with Crippen LogP contribution in [0, 0.1) is 12.8 Å². The van der Waals surface area contributed by atoms with Crippen LogP contribution in [0.2, 0.25) is 0 Å². The van der Waals surface area contributed by atoms with Crippen molar-refractivity contribution in [3.63, 3.8) is 0 Å². The lowest BCUT2D eigenvalue weighted by molar-refractivity contribution is -0.142. The summed E-state index contributed by atoms with van der Waals surface area (Å²) in [5.41, 5.74) is 3.05. The highest BCUT2D eigenvalue weighted by atomic mass is 16.4. The van der Waals surface area contributed by atoms with Gasteiger partial charge in [0.1, 0.15) is 6.04 Å². The van der Waals surface area contributed by atoms with Crippen molar-refractivity contribution in [2.45, 2.75) is 38.6 Å². The Hall–Kier alpha value is -2.30. The van der Waals surface area contributed by atoms with Crippen LogP contribution in [0.1, 0.15) is 30.4 Å². The summed E-state index contributed by atoms with van der Waals surface area (Å²) in [6, 6.07) is 5.17. The number of nitrogens with one attached hydrogen (secondary N) is 2. The van der Waals surface area contributed by atoms with Gasteiger partial charge < -0.3 is 15.4 Å². The van der Waals surface area contributed by atoms with Gasteiger partial charge in [0.2, 0.25) is 5.91 Å². The molecule has 1 fully saturated rings. The van der Waals surface area contributed by atoms with Gasteiger partial charge in [-0.15, -0.1) is 0 Å². The van der Waals surface area contributed by atoms with E-state index in [1.54, 1.807) is 0 Å². The van der Waals surface area contributed by atoms with E-state index >= 15 is 0 Å². The van der Waals surface area contributed by atoms with Crippen LogP contribution in [0.25, 0.3) is 10.9 Å². The van der Waals surface area contributed by atoms with E-state index in [9.17, 15) is 14.7 Å². The van der Waals surface area contributed by atoms with Crippen LogP contribution in [0.4, 0.5) is 0 Å². The summed E-state index contributed by atoms with van der Waals surface area (Å²) in [7, 11) is 0. The van der Waals surface area contributed by atoms with E-state index in [1.807, 2.05) is 31.3 Å². The van der Waals surface area contributed by atoms with E-state index < -0.39 is 12.0 Å². The van der Waals surface area contributed by atoms with Gasteiger partial charge in [0.25, 0.3) is 0 Å². The van der Waals surface area contributed by atoms with Gasteiger partial charge in [0, 0.05) is 17.1 Å². The molecule has 1 amide bonds. The van der Waals surface area contributed by atoms with Crippen LogP contribution in [0.15, 0.2) is 24.4 Å². The minimum atomic E-state index is -0.949. The van der Waals surface area contributed by atoms with E-state index in [-0.39, 0.29) is 12.3 Å².